The maximum atomic E-state index is 12.6. The number of carbonyl (C=O) groups is 1. The number of aromatic nitrogens is 2. The van der Waals surface area contributed by atoms with Gasteiger partial charge in [-0.3, -0.25) is 9.59 Å². The lowest BCUT2D eigenvalue weighted by molar-refractivity contribution is 0.0951. The van der Waals surface area contributed by atoms with Crippen LogP contribution in [0.2, 0.25) is 0 Å². The van der Waals surface area contributed by atoms with E-state index >= 15 is 0 Å². The number of amides is 1. The molecule has 0 aromatic carbocycles. The van der Waals surface area contributed by atoms with Gasteiger partial charge in [0.05, 0.1) is 16.6 Å². The summed E-state index contributed by atoms with van der Waals surface area (Å²) in [6.07, 6.45) is 2.63. The van der Waals surface area contributed by atoms with Crippen LogP contribution in [0.4, 0.5) is 0 Å². The fourth-order valence-electron chi connectivity index (χ4n) is 3.50. The molecule has 0 spiro atoms. The van der Waals surface area contributed by atoms with Crippen molar-refractivity contribution in [1.82, 2.24) is 19.8 Å². The number of rotatable bonds is 5. The molecule has 2 aromatic heterocycles. The predicted molar refractivity (Wildman–Crippen MR) is 101 cm³/mol. The van der Waals surface area contributed by atoms with Gasteiger partial charge in [0, 0.05) is 26.7 Å². The van der Waals surface area contributed by atoms with E-state index < -0.39 is 0 Å². The van der Waals surface area contributed by atoms with Crippen molar-refractivity contribution in [2.24, 2.45) is 18.9 Å². The van der Waals surface area contributed by atoms with Crippen LogP contribution in [0.3, 0.4) is 0 Å². The van der Waals surface area contributed by atoms with Crippen molar-refractivity contribution in [1.29, 1.82) is 0 Å². The van der Waals surface area contributed by atoms with Crippen molar-refractivity contribution in [3.8, 4) is 0 Å². The van der Waals surface area contributed by atoms with Gasteiger partial charge in [0.15, 0.2) is 0 Å². The molecule has 1 aliphatic heterocycles. The second-order valence-corrected chi connectivity index (χ2v) is 8.41. The van der Waals surface area contributed by atoms with Crippen molar-refractivity contribution in [2.45, 2.75) is 27.2 Å². The zero-order chi connectivity index (χ0) is 18.1. The Morgan fingerprint density at radius 1 is 1.48 bits per heavy atom. The lowest BCUT2D eigenvalue weighted by atomic mass is 10.1. The minimum atomic E-state index is -0.0991. The first-order valence-electron chi connectivity index (χ1n) is 8.82. The van der Waals surface area contributed by atoms with Crippen molar-refractivity contribution >= 4 is 27.5 Å². The number of thiophene rings is 1. The van der Waals surface area contributed by atoms with Crippen LogP contribution in [-0.2, 0) is 7.05 Å². The van der Waals surface area contributed by atoms with E-state index in [4.69, 9.17) is 0 Å². The van der Waals surface area contributed by atoms with Crippen molar-refractivity contribution in [2.75, 3.05) is 26.2 Å². The van der Waals surface area contributed by atoms with Gasteiger partial charge in [0.2, 0.25) is 0 Å². The number of aryl methyl sites for hydroxylation is 2. The van der Waals surface area contributed by atoms with E-state index in [1.165, 1.54) is 22.2 Å². The first-order chi connectivity index (χ1) is 11.9. The Morgan fingerprint density at radius 2 is 2.24 bits per heavy atom. The first-order valence-corrected chi connectivity index (χ1v) is 9.63. The highest BCUT2D eigenvalue weighted by Gasteiger charge is 2.24. The SMILES string of the molecule is Cc1c(C(=O)NC[C@H]2CCN(CC(C)C)C2)sc2ncn(C)c(=O)c12. The Kier molecular flexibility index (Phi) is 5.24. The van der Waals surface area contributed by atoms with Crippen molar-refractivity contribution in [3.63, 3.8) is 0 Å². The molecule has 1 amide bonds. The van der Waals surface area contributed by atoms with Gasteiger partial charge in [-0.25, -0.2) is 4.98 Å². The molecule has 0 bridgehead atoms. The van der Waals surface area contributed by atoms with Crippen LogP contribution in [0.5, 0.6) is 0 Å². The highest BCUT2D eigenvalue weighted by Crippen LogP contribution is 2.26. The maximum absolute atomic E-state index is 12.6. The van der Waals surface area contributed by atoms with E-state index in [0.29, 0.717) is 33.5 Å². The van der Waals surface area contributed by atoms with Gasteiger partial charge in [-0.15, -0.1) is 11.3 Å². The van der Waals surface area contributed by atoms with Crippen LogP contribution < -0.4 is 10.9 Å². The van der Waals surface area contributed by atoms with Crippen LogP contribution in [0, 0.1) is 18.8 Å². The molecule has 6 nitrogen and oxygen atoms in total. The lowest BCUT2D eigenvalue weighted by Gasteiger charge is -2.18. The lowest BCUT2D eigenvalue weighted by Crippen LogP contribution is -2.31. The molecule has 1 atom stereocenters. The Hall–Kier alpha value is -1.73. The van der Waals surface area contributed by atoms with Gasteiger partial charge in [-0.1, -0.05) is 13.8 Å². The average molecular weight is 362 g/mol. The van der Waals surface area contributed by atoms with Gasteiger partial charge in [0.25, 0.3) is 11.5 Å². The molecule has 25 heavy (non-hydrogen) atoms. The van der Waals surface area contributed by atoms with Gasteiger partial charge < -0.3 is 14.8 Å². The molecule has 1 saturated heterocycles. The number of nitrogens with one attached hydrogen (secondary N) is 1. The quantitative estimate of drug-likeness (QED) is 0.884. The van der Waals surface area contributed by atoms with E-state index in [-0.39, 0.29) is 11.5 Å². The van der Waals surface area contributed by atoms with E-state index in [9.17, 15) is 9.59 Å². The largest absolute Gasteiger partial charge is 0.351 e. The zero-order valence-corrected chi connectivity index (χ0v) is 16.2. The van der Waals surface area contributed by atoms with Crippen LogP contribution >= 0.6 is 11.3 Å². The van der Waals surface area contributed by atoms with E-state index in [0.717, 1.165) is 31.6 Å². The van der Waals surface area contributed by atoms with E-state index in [1.54, 1.807) is 7.05 Å². The smallest absolute Gasteiger partial charge is 0.262 e. The van der Waals surface area contributed by atoms with Crippen LogP contribution in [0.25, 0.3) is 10.2 Å². The molecule has 3 rings (SSSR count). The van der Waals surface area contributed by atoms with Crippen LogP contribution in [0.1, 0.15) is 35.5 Å². The highest BCUT2D eigenvalue weighted by molar-refractivity contribution is 7.20. The second kappa shape index (κ2) is 7.25. The van der Waals surface area contributed by atoms with Crippen LogP contribution in [0.15, 0.2) is 11.1 Å². The summed E-state index contributed by atoms with van der Waals surface area (Å²) in [5.41, 5.74) is 0.636. The third kappa shape index (κ3) is 3.77. The third-order valence-electron chi connectivity index (χ3n) is 4.76. The Balaban J connectivity index is 1.66. The summed E-state index contributed by atoms with van der Waals surface area (Å²) >= 11 is 1.30. The fourth-order valence-corrected chi connectivity index (χ4v) is 4.56. The first kappa shape index (κ1) is 18.1. The molecule has 1 N–H and O–H groups in total. The summed E-state index contributed by atoms with van der Waals surface area (Å²) in [4.78, 5) is 32.8. The molecule has 0 radical (unpaired) electrons. The summed E-state index contributed by atoms with van der Waals surface area (Å²) in [6, 6.07) is 0. The minimum absolute atomic E-state index is 0.0927. The van der Waals surface area contributed by atoms with Crippen LogP contribution in [-0.4, -0.2) is 46.5 Å². The summed E-state index contributed by atoms with van der Waals surface area (Å²) < 4.78 is 1.45. The molecule has 3 heterocycles. The highest BCUT2D eigenvalue weighted by atomic mass is 32.1. The number of carbonyl (C=O) groups excluding carboxylic acids is 1. The van der Waals surface area contributed by atoms with Gasteiger partial charge in [-0.2, -0.15) is 0 Å². The Morgan fingerprint density at radius 3 is 2.96 bits per heavy atom. The summed E-state index contributed by atoms with van der Waals surface area (Å²) in [7, 11) is 1.68. The third-order valence-corrected chi connectivity index (χ3v) is 5.96. The molecule has 0 unspecified atom stereocenters. The number of hydrogen-bond donors (Lipinski definition) is 1. The molecular weight excluding hydrogens is 336 g/mol. The summed E-state index contributed by atoms with van der Waals surface area (Å²) in [6.45, 7) is 10.3. The topological polar surface area (TPSA) is 67.2 Å². The Bertz CT molecular complexity index is 839. The number of likely N-dealkylation sites (tertiary alicyclic amines) is 1. The number of fused-ring (bicyclic) bond motifs is 1. The molecule has 1 aliphatic rings. The fraction of sp³-hybridized carbons (Fsp3) is 0.611. The monoisotopic (exact) mass is 362 g/mol. The number of nitrogens with zero attached hydrogens (tertiary/aromatic N) is 3. The standard InChI is InChI=1S/C18H26N4O2S/c1-11(2)8-22-6-5-13(9-22)7-19-16(23)15-12(3)14-17(25-15)20-10-21(4)18(14)24/h10-11,13H,5-9H2,1-4H3,(H,19,23)/t13-/m1/s1. The zero-order valence-electron chi connectivity index (χ0n) is 15.3. The molecule has 0 saturated carbocycles. The van der Waals surface area contributed by atoms with Gasteiger partial charge >= 0.3 is 0 Å². The summed E-state index contributed by atoms with van der Waals surface area (Å²) in [5.74, 6) is 1.08. The van der Waals surface area contributed by atoms with Crippen molar-refractivity contribution in [3.05, 3.63) is 27.1 Å². The molecule has 1 fully saturated rings. The number of hydrogen-bond acceptors (Lipinski definition) is 5. The Labute approximate surface area is 151 Å². The van der Waals surface area contributed by atoms with E-state index in [1.807, 2.05) is 6.92 Å². The van der Waals surface area contributed by atoms with Gasteiger partial charge in [0.1, 0.15) is 4.83 Å². The minimum Gasteiger partial charge on any atom is -0.351 e. The maximum Gasteiger partial charge on any atom is 0.262 e. The molecule has 7 heteroatoms. The molecule has 0 aliphatic carbocycles. The van der Waals surface area contributed by atoms with Gasteiger partial charge in [-0.05, 0) is 37.3 Å². The van der Waals surface area contributed by atoms with E-state index in [2.05, 4.69) is 29.0 Å². The summed E-state index contributed by atoms with van der Waals surface area (Å²) in [5, 5.41) is 3.62. The predicted octanol–water partition coefficient (Wildman–Crippen LogP) is 2.01. The molecule has 136 valence electrons. The van der Waals surface area contributed by atoms with Crippen molar-refractivity contribution < 1.29 is 4.79 Å². The normalized spacial score (nSPS) is 18.4. The molecule has 2 aromatic rings. The second-order valence-electron chi connectivity index (χ2n) is 7.42. The average Bonchev–Trinajstić information content (AvgIpc) is 3.13. The molecular formula is C18H26N4O2S.